The molecule has 0 aliphatic carbocycles. The van der Waals surface area contributed by atoms with Gasteiger partial charge >= 0.3 is 31.1 Å². The van der Waals surface area contributed by atoms with Gasteiger partial charge in [0.05, 0.1) is 49.5 Å². The molecule has 1 unspecified atom stereocenters. The molecule has 18 nitrogen and oxygen atoms in total. The van der Waals surface area contributed by atoms with Gasteiger partial charge in [0.15, 0.2) is 0 Å². The van der Waals surface area contributed by atoms with Gasteiger partial charge in [0.25, 0.3) is 5.91 Å². The highest BCUT2D eigenvalue weighted by Crippen LogP contribution is 2.42. The number of amides is 4. The maximum Gasteiger partial charge on any atom is 0.407 e. The summed E-state index contributed by atoms with van der Waals surface area (Å²) >= 11 is 0. The molecule has 0 bridgehead atoms. The first-order valence-electron chi connectivity index (χ1n) is 24.8. The lowest BCUT2D eigenvalue weighted by Gasteiger charge is -2.38. The third-order valence-electron chi connectivity index (χ3n) is 14.0. The fourth-order valence-corrected chi connectivity index (χ4v) is 8.69. The summed E-state index contributed by atoms with van der Waals surface area (Å²) in [6.07, 6.45) is -12.6. The van der Waals surface area contributed by atoms with E-state index >= 15 is 8.78 Å². The van der Waals surface area contributed by atoms with Crippen LogP contribution in [0.25, 0.3) is 11.3 Å². The molecule has 28 heteroatoms. The molecular weight excluding hydrogens is 1080 g/mol. The number of alkyl carbamates (subject to hydrolysis) is 2. The van der Waals surface area contributed by atoms with Gasteiger partial charge in [-0.2, -0.15) is 40.2 Å². The van der Waals surface area contributed by atoms with E-state index in [1.807, 2.05) is 22.9 Å². The maximum atomic E-state index is 16.0. The topological polar surface area (TPSA) is 205 Å². The Kier molecular flexibility index (Phi) is 20.1. The Morgan fingerprint density at radius 2 is 1.36 bits per heavy atom. The predicted octanol–water partition coefficient (Wildman–Crippen LogP) is 6.48. The smallest absolute Gasteiger partial charge is 0.407 e. The molecule has 4 heterocycles. The number of benzene rings is 2. The second kappa shape index (κ2) is 25.9. The van der Waals surface area contributed by atoms with Crippen LogP contribution in [0.3, 0.4) is 0 Å². The molecule has 4 amide bonds. The van der Waals surface area contributed by atoms with Crippen molar-refractivity contribution in [2.45, 2.75) is 96.3 Å². The van der Waals surface area contributed by atoms with Crippen LogP contribution in [0.2, 0.25) is 0 Å². The molecule has 2 fully saturated rings. The number of aliphatic hydroxyl groups excluding tert-OH is 1. The third-order valence-corrected chi connectivity index (χ3v) is 14.0. The highest BCUT2D eigenvalue weighted by atomic mass is 19.4. The molecule has 0 saturated carbocycles. The van der Waals surface area contributed by atoms with Gasteiger partial charge in [0, 0.05) is 86.6 Å². The van der Waals surface area contributed by atoms with Gasteiger partial charge in [-0.1, -0.05) is 24.0 Å². The minimum Gasteiger partial charge on any atom is -0.453 e. The zero-order chi connectivity index (χ0) is 58.9. The lowest BCUT2D eigenvalue weighted by molar-refractivity contribution is -0.221. The van der Waals surface area contributed by atoms with Crippen molar-refractivity contribution in [2.24, 2.45) is 10.8 Å². The molecule has 0 radical (unpaired) electrons. The van der Waals surface area contributed by atoms with Gasteiger partial charge in [-0.25, -0.2) is 33.0 Å². The number of carbonyl (C=O) groups is 4. The van der Waals surface area contributed by atoms with Crippen LogP contribution in [0.4, 0.5) is 59.3 Å². The number of alkyl halides is 8. The second-order valence-electron chi connectivity index (χ2n) is 20.1. The second-order valence-corrected chi connectivity index (χ2v) is 20.1. The first kappa shape index (κ1) is 62.0. The van der Waals surface area contributed by atoms with Crippen LogP contribution >= 0.6 is 0 Å². The number of aromatic nitrogens is 3. The van der Waals surface area contributed by atoms with Gasteiger partial charge in [-0.3, -0.25) is 19.9 Å². The van der Waals surface area contributed by atoms with Crippen molar-refractivity contribution in [3.63, 3.8) is 0 Å². The van der Waals surface area contributed by atoms with Crippen molar-refractivity contribution in [1.82, 2.24) is 46.0 Å². The van der Waals surface area contributed by atoms with Crippen molar-refractivity contribution in [2.75, 3.05) is 65.1 Å². The molecular formula is C52H60F10N10O8. The van der Waals surface area contributed by atoms with Crippen molar-refractivity contribution < 1.29 is 82.4 Å². The van der Waals surface area contributed by atoms with E-state index in [9.17, 15) is 59.4 Å². The number of aliphatic hydroxyl groups is 1. The lowest BCUT2D eigenvalue weighted by atomic mass is 9.82. The first-order chi connectivity index (χ1) is 37.5. The number of pyridine rings is 1. The van der Waals surface area contributed by atoms with Gasteiger partial charge in [0.1, 0.15) is 29.5 Å². The summed E-state index contributed by atoms with van der Waals surface area (Å²) in [5.74, 6) is 0.707. The number of carbonyl (C=O) groups excluding carboxylic acids is 4. The largest absolute Gasteiger partial charge is 0.453 e. The first-order valence-corrected chi connectivity index (χ1v) is 24.8. The Hall–Kier alpha value is -7.22. The Morgan fingerprint density at radius 3 is 1.86 bits per heavy atom. The molecule has 2 aliphatic heterocycles. The normalized spacial score (nSPS) is 17.0. The molecule has 4 aromatic rings. The third kappa shape index (κ3) is 15.4. The standard InChI is InChI=1S/C52H60F10N10O8/c1-49(2,51(57,58)59)42(65-47(76)78-5)44(74)64-39(23-31-10-7-30(8-11-31)9-12-32-13-14-41(63-26-32)70-20-18-69(19-21-70)34-16-22-80-29-34)40(73)28-71(68-45(75)43(66-48(77)79-6)50(3,4)52(60,61)62)27-35-36(53)24-33(25-37(35)54)38-15-17-72(67-38)46(55)56/h7-8,10-11,13-15,17,24-26,34,39-40,42-43,46,73H,16,18-23,27-29H2,1-6H3,(H,64,74)(H,65,76)(H,66,77)(H,68,75)/t34-,39-,40-,42?,43+/m0/s1. The highest BCUT2D eigenvalue weighted by molar-refractivity contribution is 5.87. The molecule has 80 heavy (non-hydrogen) atoms. The van der Waals surface area contributed by atoms with Gasteiger partial charge in [-0.05, 0) is 88.6 Å². The SMILES string of the molecule is COC(=O)NC(C(=O)N[C@@H](Cc1ccc(C#Cc2ccc(N3CCN([C@H]4CCOC4)CC3)nc2)cc1)[C@@H](O)CN(Cc1c(F)cc(-c2ccn(C(F)F)n2)cc1F)NC(=O)[C@@H](NC(=O)OC)C(C)(C)C(F)(F)F)C(C)(C)C(F)(F)F. The number of ether oxygens (including phenoxy) is 3. The Morgan fingerprint density at radius 1 is 0.800 bits per heavy atom. The fraction of sp³-hybridized carbons (Fsp3) is 0.500. The number of hydrogen-bond acceptors (Lipinski definition) is 13. The van der Waals surface area contributed by atoms with Crippen LogP contribution in [-0.4, -0.2) is 157 Å². The Labute approximate surface area is 453 Å². The van der Waals surface area contributed by atoms with E-state index in [4.69, 9.17) is 4.74 Å². The summed E-state index contributed by atoms with van der Waals surface area (Å²) in [7, 11) is 1.60. The van der Waals surface area contributed by atoms with Crippen LogP contribution in [0.5, 0.6) is 0 Å². The highest BCUT2D eigenvalue weighted by Gasteiger charge is 2.57. The summed E-state index contributed by atoms with van der Waals surface area (Å²) in [6, 6.07) is 5.67. The van der Waals surface area contributed by atoms with E-state index in [-0.39, 0.29) is 21.5 Å². The van der Waals surface area contributed by atoms with Crippen molar-refractivity contribution >= 4 is 29.8 Å². The Bertz CT molecular complexity index is 2820. The molecule has 6 rings (SSSR count). The zero-order valence-corrected chi connectivity index (χ0v) is 44.2. The molecule has 5 atom stereocenters. The number of halogens is 10. The number of nitrogens with one attached hydrogen (secondary N) is 4. The summed E-state index contributed by atoms with van der Waals surface area (Å²) in [5.41, 5.74) is -4.44. The number of hydrogen-bond donors (Lipinski definition) is 5. The Balaban J connectivity index is 1.31. The summed E-state index contributed by atoms with van der Waals surface area (Å²) in [4.78, 5) is 62.0. The number of nitrogens with zero attached hydrogens (tertiary/aromatic N) is 6. The van der Waals surface area contributed by atoms with E-state index in [0.717, 1.165) is 78.1 Å². The minimum absolute atomic E-state index is 0.197. The van der Waals surface area contributed by atoms with Crippen LogP contribution in [0.1, 0.15) is 62.9 Å². The van der Waals surface area contributed by atoms with Crippen molar-refractivity contribution in [1.29, 1.82) is 0 Å². The van der Waals surface area contributed by atoms with Gasteiger partial charge < -0.3 is 40.2 Å². The van der Waals surface area contributed by atoms with Crippen molar-refractivity contribution in [3.05, 3.63) is 101 Å². The average Bonchev–Trinajstić information content (AvgIpc) is 4.22. The molecule has 5 N–H and O–H groups in total. The van der Waals surface area contributed by atoms with E-state index in [1.54, 1.807) is 11.5 Å². The molecule has 2 aromatic carbocycles. The molecule has 436 valence electrons. The number of methoxy groups -OCH3 is 2. The molecule has 2 aromatic heterocycles. The maximum absolute atomic E-state index is 16.0. The van der Waals surface area contributed by atoms with E-state index < -0.39 is 115 Å². The lowest BCUT2D eigenvalue weighted by Crippen LogP contribution is -2.63. The summed E-state index contributed by atoms with van der Waals surface area (Å²) in [6.45, 7) is 1.65. The van der Waals surface area contributed by atoms with E-state index in [1.165, 1.54) is 24.3 Å². The van der Waals surface area contributed by atoms with Crippen LogP contribution in [-0.2, 0) is 36.8 Å². The van der Waals surface area contributed by atoms with Gasteiger partial charge in [0.2, 0.25) is 5.91 Å². The number of rotatable bonds is 19. The van der Waals surface area contributed by atoms with Crippen LogP contribution in [0, 0.1) is 34.3 Å². The zero-order valence-electron chi connectivity index (χ0n) is 44.2. The molecule has 2 saturated heterocycles. The monoisotopic (exact) mass is 1140 g/mol. The van der Waals surface area contributed by atoms with Gasteiger partial charge in [-0.15, -0.1) is 0 Å². The average molecular weight is 1140 g/mol. The molecule has 2 aliphatic rings. The predicted molar refractivity (Wildman–Crippen MR) is 267 cm³/mol. The van der Waals surface area contributed by atoms with Crippen LogP contribution < -0.4 is 26.3 Å². The van der Waals surface area contributed by atoms with Crippen LogP contribution in [0.15, 0.2) is 67.0 Å². The van der Waals surface area contributed by atoms with E-state index in [2.05, 4.69) is 46.5 Å². The minimum atomic E-state index is -5.23. The number of piperazine rings is 1. The summed E-state index contributed by atoms with van der Waals surface area (Å²) in [5, 5.41) is 22.0. The van der Waals surface area contributed by atoms with Crippen molar-refractivity contribution in [3.8, 4) is 23.1 Å². The van der Waals surface area contributed by atoms with E-state index in [0.29, 0.717) is 62.0 Å². The molecule has 0 spiro atoms. The fourth-order valence-electron chi connectivity index (χ4n) is 8.69. The quantitative estimate of drug-likeness (QED) is 0.0388. The summed E-state index contributed by atoms with van der Waals surface area (Å²) < 4.78 is 160. The number of hydrazine groups is 1. The number of anilines is 1.